The maximum Gasteiger partial charge on any atom is 0.341 e. The van der Waals surface area contributed by atoms with Crippen LogP contribution in [-0.4, -0.2) is 34.2 Å². The molecule has 0 bridgehead atoms. The number of carboxylic acid groups (broad SMARTS) is 1. The van der Waals surface area contributed by atoms with E-state index in [1.165, 1.54) is 12.3 Å². The quantitative estimate of drug-likeness (QED) is 0.516. The van der Waals surface area contributed by atoms with Gasteiger partial charge in [-0.3, -0.25) is 4.79 Å². The molecule has 1 aromatic rings. The number of esters is 1. The Bertz CT molecular complexity index is 536. The summed E-state index contributed by atoms with van der Waals surface area (Å²) in [6, 6.07) is 3.04. The summed E-state index contributed by atoms with van der Waals surface area (Å²) < 4.78 is 10.7. The summed E-state index contributed by atoms with van der Waals surface area (Å²) in [4.78, 5) is 26.5. The number of carbonyl (C=O) groups is 2. The molecule has 0 aromatic carbocycles. The Labute approximate surface area is 143 Å². The molecule has 6 nitrogen and oxygen atoms in total. The van der Waals surface area contributed by atoms with Crippen LogP contribution in [-0.2, 0) is 9.53 Å². The van der Waals surface area contributed by atoms with Crippen LogP contribution in [0, 0.1) is 0 Å². The van der Waals surface area contributed by atoms with Crippen LogP contribution >= 0.6 is 0 Å². The molecular formula is C18H27NO5. The SMILES string of the molecule is CC(C)(C)OC(=O)CCCCCCCOc1ncccc1C(=O)O. The summed E-state index contributed by atoms with van der Waals surface area (Å²) in [6.45, 7) is 6.02. The van der Waals surface area contributed by atoms with Crippen LogP contribution < -0.4 is 4.74 Å². The maximum atomic E-state index is 11.5. The van der Waals surface area contributed by atoms with Gasteiger partial charge in [0.2, 0.25) is 5.88 Å². The number of carboxylic acids is 1. The molecule has 134 valence electrons. The second-order valence-corrected chi connectivity index (χ2v) is 6.61. The Morgan fingerprint density at radius 3 is 2.46 bits per heavy atom. The molecule has 6 heteroatoms. The van der Waals surface area contributed by atoms with Crippen molar-refractivity contribution in [1.82, 2.24) is 4.98 Å². The zero-order valence-electron chi connectivity index (χ0n) is 14.7. The van der Waals surface area contributed by atoms with E-state index in [1.807, 2.05) is 20.8 Å². The van der Waals surface area contributed by atoms with Crippen molar-refractivity contribution in [3.05, 3.63) is 23.9 Å². The molecule has 0 amide bonds. The van der Waals surface area contributed by atoms with E-state index < -0.39 is 11.6 Å². The third-order valence-electron chi connectivity index (χ3n) is 3.19. The molecule has 1 heterocycles. The fourth-order valence-electron chi connectivity index (χ4n) is 2.13. The largest absolute Gasteiger partial charge is 0.477 e. The Hall–Kier alpha value is -2.11. The minimum Gasteiger partial charge on any atom is -0.477 e. The highest BCUT2D eigenvalue weighted by atomic mass is 16.6. The lowest BCUT2D eigenvalue weighted by Crippen LogP contribution is -2.23. The topological polar surface area (TPSA) is 85.7 Å². The third kappa shape index (κ3) is 8.50. The molecule has 0 fully saturated rings. The van der Waals surface area contributed by atoms with Crippen molar-refractivity contribution in [1.29, 1.82) is 0 Å². The second kappa shape index (κ2) is 9.90. The minimum absolute atomic E-state index is 0.0786. The zero-order valence-corrected chi connectivity index (χ0v) is 14.7. The lowest BCUT2D eigenvalue weighted by Gasteiger charge is -2.19. The van der Waals surface area contributed by atoms with Gasteiger partial charge in [0, 0.05) is 12.6 Å². The first-order valence-electron chi connectivity index (χ1n) is 8.32. The van der Waals surface area contributed by atoms with E-state index in [-0.39, 0.29) is 17.4 Å². The summed E-state index contributed by atoms with van der Waals surface area (Å²) in [7, 11) is 0. The molecule has 0 saturated carbocycles. The van der Waals surface area contributed by atoms with Crippen LogP contribution in [0.5, 0.6) is 5.88 Å². The van der Waals surface area contributed by atoms with Gasteiger partial charge in [-0.2, -0.15) is 0 Å². The van der Waals surface area contributed by atoms with Crippen molar-refractivity contribution in [2.45, 2.75) is 64.9 Å². The van der Waals surface area contributed by atoms with E-state index in [1.54, 1.807) is 6.07 Å². The Balaban J connectivity index is 2.09. The maximum absolute atomic E-state index is 11.5. The Kier molecular flexibility index (Phi) is 8.22. The number of rotatable bonds is 10. The normalized spacial score (nSPS) is 11.1. The minimum atomic E-state index is -1.04. The standard InChI is InChI=1S/C18H27NO5/c1-18(2,3)24-15(20)11-7-5-4-6-8-13-23-16-14(17(21)22)10-9-12-19-16/h9-10,12H,4-8,11,13H2,1-3H3,(H,21,22). The number of hydrogen-bond donors (Lipinski definition) is 1. The van der Waals surface area contributed by atoms with Crippen LogP contribution in [0.1, 0.15) is 69.7 Å². The van der Waals surface area contributed by atoms with Gasteiger partial charge in [-0.05, 0) is 45.7 Å². The number of nitrogens with zero attached hydrogens (tertiary/aromatic N) is 1. The molecule has 1 rings (SSSR count). The summed E-state index contributed by atoms with van der Waals surface area (Å²) >= 11 is 0. The average molecular weight is 337 g/mol. The van der Waals surface area contributed by atoms with Crippen molar-refractivity contribution in [3.63, 3.8) is 0 Å². The number of ether oxygens (including phenoxy) is 2. The molecule has 0 unspecified atom stereocenters. The van der Waals surface area contributed by atoms with Gasteiger partial charge >= 0.3 is 11.9 Å². The van der Waals surface area contributed by atoms with E-state index in [0.29, 0.717) is 13.0 Å². The van der Waals surface area contributed by atoms with Gasteiger partial charge in [-0.15, -0.1) is 0 Å². The number of hydrogen-bond acceptors (Lipinski definition) is 5. The van der Waals surface area contributed by atoms with E-state index >= 15 is 0 Å². The highest BCUT2D eigenvalue weighted by molar-refractivity contribution is 5.90. The van der Waals surface area contributed by atoms with Gasteiger partial charge in [0.25, 0.3) is 0 Å². The van der Waals surface area contributed by atoms with Gasteiger partial charge in [0.1, 0.15) is 11.2 Å². The van der Waals surface area contributed by atoms with E-state index in [2.05, 4.69) is 4.98 Å². The first kappa shape index (κ1) is 19.9. The van der Waals surface area contributed by atoms with Crippen molar-refractivity contribution in [2.75, 3.05) is 6.61 Å². The molecule has 0 spiro atoms. The molecule has 24 heavy (non-hydrogen) atoms. The molecule has 0 aliphatic carbocycles. The molecule has 0 saturated heterocycles. The predicted molar refractivity (Wildman–Crippen MR) is 90.2 cm³/mol. The summed E-state index contributed by atoms with van der Waals surface area (Å²) in [5.74, 6) is -1.03. The summed E-state index contributed by atoms with van der Waals surface area (Å²) in [6.07, 6.45) is 6.52. The van der Waals surface area contributed by atoms with Gasteiger partial charge in [-0.25, -0.2) is 9.78 Å². The van der Waals surface area contributed by atoms with Crippen molar-refractivity contribution in [2.24, 2.45) is 0 Å². The van der Waals surface area contributed by atoms with E-state index in [0.717, 1.165) is 32.1 Å². The van der Waals surface area contributed by atoms with E-state index in [4.69, 9.17) is 14.6 Å². The fraction of sp³-hybridized carbons (Fsp3) is 0.611. The van der Waals surface area contributed by atoms with E-state index in [9.17, 15) is 9.59 Å². The first-order chi connectivity index (χ1) is 11.3. The monoisotopic (exact) mass is 337 g/mol. The summed E-state index contributed by atoms with van der Waals surface area (Å²) in [5.41, 5.74) is -0.343. The van der Waals surface area contributed by atoms with Gasteiger partial charge in [0.05, 0.1) is 6.61 Å². The van der Waals surface area contributed by atoms with Crippen LogP contribution in [0.4, 0.5) is 0 Å². The molecule has 0 atom stereocenters. The second-order valence-electron chi connectivity index (χ2n) is 6.61. The molecule has 1 N–H and O–H groups in total. The van der Waals surface area contributed by atoms with Gasteiger partial charge in [-0.1, -0.05) is 19.3 Å². The summed E-state index contributed by atoms with van der Waals surface area (Å²) in [5, 5.41) is 9.02. The smallest absolute Gasteiger partial charge is 0.341 e. The number of aromatic nitrogens is 1. The number of carbonyl (C=O) groups excluding carboxylic acids is 1. The lowest BCUT2D eigenvalue weighted by atomic mass is 10.1. The molecule has 0 aliphatic rings. The Morgan fingerprint density at radius 2 is 1.79 bits per heavy atom. The molecule has 0 radical (unpaired) electrons. The number of unbranched alkanes of at least 4 members (excludes halogenated alkanes) is 4. The zero-order chi connectivity index (χ0) is 18.0. The van der Waals surface area contributed by atoms with Crippen molar-refractivity contribution in [3.8, 4) is 5.88 Å². The molecule has 0 aliphatic heterocycles. The van der Waals surface area contributed by atoms with Crippen LogP contribution in [0.15, 0.2) is 18.3 Å². The number of pyridine rings is 1. The fourth-order valence-corrected chi connectivity index (χ4v) is 2.13. The van der Waals surface area contributed by atoms with Gasteiger partial charge < -0.3 is 14.6 Å². The highest BCUT2D eigenvalue weighted by Gasteiger charge is 2.15. The van der Waals surface area contributed by atoms with Crippen LogP contribution in [0.3, 0.4) is 0 Å². The third-order valence-corrected chi connectivity index (χ3v) is 3.19. The average Bonchev–Trinajstić information content (AvgIpc) is 2.48. The lowest BCUT2D eigenvalue weighted by molar-refractivity contribution is -0.154. The molecule has 1 aromatic heterocycles. The van der Waals surface area contributed by atoms with Gasteiger partial charge in [0.15, 0.2) is 0 Å². The van der Waals surface area contributed by atoms with Crippen LogP contribution in [0.25, 0.3) is 0 Å². The number of aromatic carboxylic acids is 1. The van der Waals surface area contributed by atoms with Crippen molar-refractivity contribution < 1.29 is 24.2 Å². The van der Waals surface area contributed by atoms with Crippen LogP contribution in [0.2, 0.25) is 0 Å². The predicted octanol–water partition coefficient (Wildman–Crippen LogP) is 3.84. The van der Waals surface area contributed by atoms with Crippen molar-refractivity contribution >= 4 is 11.9 Å². The molecular weight excluding hydrogens is 310 g/mol. The highest BCUT2D eigenvalue weighted by Crippen LogP contribution is 2.15. The Morgan fingerprint density at radius 1 is 1.12 bits per heavy atom. The first-order valence-corrected chi connectivity index (χ1v) is 8.32.